The molecule has 0 unspecified atom stereocenters. The zero-order valence-corrected chi connectivity index (χ0v) is 18.1. The minimum absolute atomic E-state index is 0.0271. The summed E-state index contributed by atoms with van der Waals surface area (Å²) in [6.07, 6.45) is 0. The Hall–Kier alpha value is -2.63. The van der Waals surface area contributed by atoms with Gasteiger partial charge in [-0.25, -0.2) is 4.98 Å². The quantitative estimate of drug-likeness (QED) is 0.404. The van der Waals surface area contributed by atoms with E-state index in [1.807, 2.05) is 69.3 Å². The fourth-order valence-electron chi connectivity index (χ4n) is 3.53. The average Bonchev–Trinajstić information content (AvgIpc) is 3.02. The molecule has 0 aliphatic rings. The summed E-state index contributed by atoms with van der Waals surface area (Å²) in [4.78, 5) is 20.1. The molecule has 2 aromatic carbocycles. The van der Waals surface area contributed by atoms with Gasteiger partial charge in [0.1, 0.15) is 16.4 Å². The summed E-state index contributed by atoms with van der Waals surface area (Å²) in [5, 5.41) is 1.33. The van der Waals surface area contributed by atoms with Crippen molar-refractivity contribution in [3.8, 4) is 16.9 Å². The van der Waals surface area contributed by atoms with Crippen molar-refractivity contribution < 1.29 is 4.74 Å². The fourth-order valence-corrected chi connectivity index (χ4v) is 4.83. The third kappa shape index (κ3) is 3.80. The molecule has 0 radical (unpaired) electrons. The second-order valence-electron chi connectivity index (χ2n) is 6.85. The maximum Gasteiger partial charge on any atom is 0.263 e. The Bertz CT molecular complexity index is 1240. The first kappa shape index (κ1) is 19.7. The van der Waals surface area contributed by atoms with Crippen molar-refractivity contribution in [2.75, 3.05) is 6.61 Å². The van der Waals surface area contributed by atoms with Crippen molar-refractivity contribution in [1.29, 1.82) is 0 Å². The first-order chi connectivity index (χ1) is 14.0. The third-order valence-electron chi connectivity index (χ3n) is 4.86. The van der Waals surface area contributed by atoms with E-state index in [1.165, 1.54) is 0 Å². The lowest BCUT2D eigenvalue weighted by atomic mass is 10.0. The highest BCUT2D eigenvalue weighted by Gasteiger charge is 2.19. The molecular formula is C23H21ClN2O2S. The largest absolute Gasteiger partial charge is 0.494 e. The Labute approximate surface area is 178 Å². The highest BCUT2D eigenvalue weighted by molar-refractivity contribution is 7.19. The molecule has 4 aromatic rings. The molecule has 0 atom stereocenters. The molecule has 0 fully saturated rings. The zero-order valence-electron chi connectivity index (χ0n) is 16.5. The lowest BCUT2D eigenvalue weighted by Gasteiger charge is -2.11. The maximum atomic E-state index is 13.5. The molecule has 0 saturated carbocycles. The lowest BCUT2D eigenvalue weighted by molar-refractivity contribution is 0.340. The fraction of sp³-hybridized carbons (Fsp3) is 0.217. The van der Waals surface area contributed by atoms with E-state index in [-0.39, 0.29) is 5.56 Å². The molecule has 0 spiro atoms. The standard InChI is InChI=1S/C23H21ClN2O2S/c1-4-28-19-10-8-17(9-11-19)20-14(2)29-22-21(20)23(27)26(15(3)25-22)13-16-6-5-7-18(24)12-16/h5-12H,4,13H2,1-3H3. The molecule has 6 heteroatoms. The van der Waals surface area contributed by atoms with Crippen LogP contribution in [0.5, 0.6) is 5.75 Å². The lowest BCUT2D eigenvalue weighted by Crippen LogP contribution is -2.24. The molecular weight excluding hydrogens is 404 g/mol. The van der Waals surface area contributed by atoms with Gasteiger partial charge in [-0.15, -0.1) is 11.3 Å². The van der Waals surface area contributed by atoms with E-state index in [0.717, 1.165) is 32.1 Å². The van der Waals surface area contributed by atoms with Gasteiger partial charge in [0, 0.05) is 15.5 Å². The number of fused-ring (bicyclic) bond motifs is 1. The monoisotopic (exact) mass is 424 g/mol. The predicted molar refractivity (Wildman–Crippen MR) is 121 cm³/mol. The molecule has 4 nitrogen and oxygen atoms in total. The number of aromatic nitrogens is 2. The van der Waals surface area contributed by atoms with E-state index in [9.17, 15) is 4.79 Å². The number of thiophene rings is 1. The molecule has 4 rings (SSSR count). The molecule has 29 heavy (non-hydrogen) atoms. The van der Waals surface area contributed by atoms with Crippen LogP contribution in [-0.4, -0.2) is 16.2 Å². The molecule has 0 N–H and O–H groups in total. The Morgan fingerprint density at radius 1 is 1.14 bits per heavy atom. The number of halogens is 1. The number of nitrogens with zero attached hydrogens (tertiary/aromatic N) is 2. The van der Waals surface area contributed by atoms with Crippen molar-refractivity contribution in [1.82, 2.24) is 9.55 Å². The zero-order chi connectivity index (χ0) is 20.5. The van der Waals surface area contributed by atoms with Gasteiger partial charge in [-0.1, -0.05) is 35.9 Å². The summed E-state index contributed by atoms with van der Waals surface area (Å²) in [5.74, 6) is 1.52. The molecule has 0 aliphatic heterocycles. The summed E-state index contributed by atoms with van der Waals surface area (Å²) in [7, 11) is 0. The molecule has 0 amide bonds. The van der Waals surface area contributed by atoms with Crippen LogP contribution in [-0.2, 0) is 6.54 Å². The van der Waals surface area contributed by atoms with Gasteiger partial charge in [-0.2, -0.15) is 0 Å². The van der Waals surface area contributed by atoms with Crippen LogP contribution in [0, 0.1) is 13.8 Å². The molecule has 2 heterocycles. The van der Waals surface area contributed by atoms with Gasteiger partial charge in [0.15, 0.2) is 0 Å². The number of rotatable bonds is 5. The van der Waals surface area contributed by atoms with Crippen LogP contribution in [0.1, 0.15) is 23.2 Å². The minimum atomic E-state index is -0.0271. The number of benzene rings is 2. The van der Waals surface area contributed by atoms with Crippen molar-refractivity contribution in [3.05, 3.63) is 80.2 Å². The number of ether oxygens (including phenoxy) is 1. The molecule has 148 valence electrons. The van der Waals surface area contributed by atoms with Crippen LogP contribution in [0.25, 0.3) is 21.3 Å². The summed E-state index contributed by atoms with van der Waals surface area (Å²) < 4.78 is 7.26. The maximum absolute atomic E-state index is 13.5. The first-order valence-corrected chi connectivity index (χ1v) is 10.7. The molecule has 2 aromatic heterocycles. The number of aryl methyl sites for hydroxylation is 2. The van der Waals surface area contributed by atoms with E-state index in [1.54, 1.807) is 15.9 Å². The Kier molecular flexibility index (Phi) is 5.43. The Morgan fingerprint density at radius 3 is 2.59 bits per heavy atom. The Balaban J connectivity index is 1.86. The van der Waals surface area contributed by atoms with Crippen LogP contribution < -0.4 is 10.3 Å². The smallest absolute Gasteiger partial charge is 0.263 e. The predicted octanol–water partition coefficient (Wildman–Crippen LogP) is 5.84. The summed E-state index contributed by atoms with van der Waals surface area (Å²) in [6, 6.07) is 15.4. The molecule has 0 aliphatic carbocycles. The first-order valence-electron chi connectivity index (χ1n) is 9.46. The van der Waals surface area contributed by atoms with Gasteiger partial charge in [0.2, 0.25) is 0 Å². The number of hydrogen-bond donors (Lipinski definition) is 0. The normalized spacial score (nSPS) is 11.2. The number of hydrogen-bond acceptors (Lipinski definition) is 4. The average molecular weight is 425 g/mol. The van der Waals surface area contributed by atoms with Crippen LogP contribution in [0.2, 0.25) is 5.02 Å². The Morgan fingerprint density at radius 2 is 1.90 bits per heavy atom. The van der Waals surface area contributed by atoms with Crippen LogP contribution >= 0.6 is 22.9 Å². The highest BCUT2D eigenvalue weighted by Crippen LogP contribution is 2.36. The van der Waals surface area contributed by atoms with E-state index in [2.05, 4.69) is 0 Å². The van der Waals surface area contributed by atoms with Gasteiger partial charge in [-0.05, 0) is 56.2 Å². The van der Waals surface area contributed by atoms with Crippen molar-refractivity contribution >= 4 is 33.2 Å². The van der Waals surface area contributed by atoms with Gasteiger partial charge in [0.25, 0.3) is 5.56 Å². The topological polar surface area (TPSA) is 44.1 Å². The van der Waals surface area contributed by atoms with Gasteiger partial charge in [-0.3, -0.25) is 9.36 Å². The minimum Gasteiger partial charge on any atom is -0.494 e. The van der Waals surface area contributed by atoms with E-state index in [0.29, 0.717) is 29.4 Å². The second kappa shape index (κ2) is 8.01. The highest BCUT2D eigenvalue weighted by atomic mass is 35.5. The van der Waals surface area contributed by atoms with E-state index < -0.39 is 0 Å². The summed E-state index contributed by atoms with van der Waals surface area (Å²) in [6.45, 7) is 6.93. The third-order valence-corrected chi connectivity index (χ3v) is 6.10. The SMILES string of the molecule is CCOc1ccc(-c2c(C)sc3nc(C)n(Cc4cccc(Cl)c4)c(=O)c23)cc1. The van der Waals surface area contributed by atoms with Gasteiger partial charge in [0.05, 0.1) is 18.5 Å². The van der Waals surface area contributed by atoms with Crippen LogP contribution in [0.3, 0.4) is 0 Å². The van der Waals surface area contributed by atoms with Crippen molar-refractivity contribution in [2.24, 2.45) is 0 Å². The van der Waals surface area contributed by atoms with Crippen molar-refractivity contribution in [3.63, 3.8) is 0 Å². The van der Waals surface area contributed by atoms with E-state index >= 15 is 0 Å². The van der Waals surface area contributed by atoms with E-state index in [4.69, 9.17) is 21.3 Å². The summed E-state index contributed by atoms with van der Waals surface area (Å²) >= 11 is 7.67. The summed E-state index contributed by atoms with van der Waals surface area (Å²) in [5.41, 5.74) is 2.89. The van der Waals surface area contributed by atoms with Crippen LogP contribution in [0.15, 0.2) is 53.3 Å². The van der Waals surface area contributed by atoms with Gasteiger partial charge < -0.3 is 4.74 Å². The van der Waals surface area contributed by atoms with Crippen LogP contribution in [0.4, 0.5) is 0 Å². The van der Waals surface area contributed by atoms with Gasteiger partial charge >= 0.3 is 0 Å². The molecule has 0 saturated heterocycles. The van der Waals surface area contributed by atoms with Crippen molar-refractivity contribution in [2.45, 2.75) is 27.3 Å². The second-order valence-corrected chi connectivity index (χ2v) is 8.49. The molecule has 0 bridgehead atoms.